The highest BCUT2D eigenvalue weighted by Gasteiger charge is 2.24. The van der Waals surface area contributed by atoms with Gasteiger partial charge in [0.1, 0.15) is 12.1 Å². The zero-order valence-electron chi connectivity index (χ0n) is 13.7. The van der Waals surface area contributed by atoms with Gasteiger partial charge >= 0.3 is 0 Å². The normalized spacial score (nSPS) is 12.6. The zero-order chi connectivity index (χ0) is 18.1. The molecule has 8 nitrogen and oxygen atoms in total. The molecule has 0 aliphatic carbocycles. The van der Waals surface area contributed by atoms with Crippen molar-refractivity contribution in [1.82, 2.24) is 16.0 Å². The summed E-state index contributed by atoms with van der Waals surface area (Å²) in [7, 11) is 0. The molecule has 1 rings (SSSR count). The SMILES string of the molecule is CC(=O)N[C@@H](C)C(=O)N[C@@H](Cc1ccccc1)C(=O)NCC(N)=O. The molecule has 0 unspecified atom stereocenters. The van der Waals surface area contributed by atoms with E-state index in [9.17, 15) is 19.2 Å². The molecular formula is C16H22N4O4. The average Bonchev–Trinajstić information content (AvgIpc) is 2.52. The maximum absolute atomic E-state index is 12.2. The third-order valence-electron chi connectivity index (χ3n) is 3.17. The van der Waals surface area contributed by atoms with Crippen molar-refractivity contribution in [2.75, 3.05) is 6.54 Å². The first-order valence-electron chi connectivity index (χ1n) is 7.47. The van der Waals surface area contributed by atoms with Gasteiger partial charge in [0.25, 0.3) is 0 Å². The van der Waals surface area contributed by atoms with Crippen molar-refractivity contribution in [2.24, 2.45) is 5.73 Å². The number of carbonyl (C=O) groups excluding carboxylic acids is 4. The third kappa shape index (κ3) is 6.91. The first-order valence-corrected chi connectivity index (χ1v) is 7.47. The summed E-state index contributed by atoms with van der Waals surface area (Å²) >= 11 is 0. The summed E-state index contributed by atoms with van der Waals surface area (Å²) in [6.07, 6.45) is 0.240. The Bertz CT molecular complexity index is 603. The van der Waals surface area contributed by atoms with E-state index in [2.05, 4.69) is 16.0 Å². The molecule has 0 saturated carbocycles. The second-order valence-electron chi connectivity index (χ2n) is 5.36. The molecule has 24 heavy (non-hydrogen) atoms. The van der Waals surface area contributed by atoms with Crippen molar-refractivity contribution in [3.63, 3.8) is 0 Å². The van der Waals surface area contributed by atoms with E-state index >= 15 is 0 Å². The molecule has 2 atom stereocenters. The van der Waals surface area contributed by atoms with E-state index in [1.165, 1.54) is 13.8 Å². The molecule has 8 heteroatoms. The summed E-state index contributed by atoms with van der Waals surface area (Å²) < 4.78 is 0. The second kappa shape index (κ2) is 9.29. The first kappa shape index (κ1) is 19.1. The molecule has 0 aliphatic heterocycles. The van der Waals surface area contributed by atoms with Gasteiger partial charge in [-0.05, 0) is 12.5 Å². The van der Waals surface area contributed by atoms with E-state index in [0.717, 1.165) is 5.56 Å². The Hall–Kier alpha value is -2.90. The fraction of sp³-hybridized carbons (Fsp3) is 0.375. The van der Waals surface area contributed by atoms with Gasteiger partial charge in [-0.1, -0.05) is 30.3 Å². The van der Waals surface area contributed by atoms with Gasteiger partial charge in [-0.25, -0.2) is 0 Å². The lowest BCUT2D eigenvalue weighted by molar-refractivity contribution is -0.131. The van der Waals surface area contributed by atoms with Crippen molar-refractivity contribution in [1.29, 1.82) is 0 Å². The van der Waals surface area contributed by atoms with E-state index in [1.54, 1.807) is 0 Å². The third-order valence-corrected chi connectivity index (χ3v) is 3.17. The minimum Gasteiger partial charge on any atom is -0.368 e. The number of benzene rings is 1. The van der Waals surface area contributed by atoms with Crippen LogP contribution in [0.3, 0.4) is 0 Å². The van der Waals surface area contributed by atoms with Crippen molar-refractivity contribution in [3.8, 4) is 0 Å². The number of nitrogens with one attached hydrogen (secondary N) is 3. The van der Waals surface area contributed by atoms with Crippen molar-refractivity contribution < 1.29 is 19.2 Å². The van der Waals surface area contributed by atoms with Gasteiger partial charge < -0.3 is 21.7 Å². The van der Waals surface area contributed by atoms with Crippen molar-refractivity contribution in [3.05, 3.63) is 35.9 Å². The quantitative estimate of drug-likeness (QED) is 0.477. The van der Waals surface area contributed by atoms with Crippen molar-refractivity contribution in [2.45, 2.75) is 32.4 Å². The molecule has 4 amide bonds. The van der Waals surface area contributed by atoms with Crippen LogP contribution in [0.15, 0.2) is 30.3 Å². The van der Waals surface area contributed by atoms with Crippen LogP contribution in [-0.2, 0) is 25.6 Å². The predicted molar refractivity (Wildman–Crippen MR) is 87.6 cm³/mol. The van der Waals surface area contributed by atoms with E-state index < -0.39 is 29.8 Å². The number of amides is 4. The Morgan fingerprint density at radius 1 is 1.04 bits per heavy atom. The van der Waals surface area contributed by atoms with Crippen LogP contribution < -0.4 is 21.7 Å². The van der Waals surface area contributed by atoms with E-state index in [4.69, 9.17) is 5.73 Å². The second-order valence-corrected chi connectivity index (χ2v) is 5.36. The summed E-state index contributed by atoms with van der Waals surface area (Å²) in [5, 5.41) is 7.39. The Balaban J connectivity index is 2.79. The number of hydrogen-bond donors (Lipinski definition) is 4. The lowest BCUT2D eigenvalue weighted by Gasteiger charge is -2.21. The van der Waals surface area contributed by atoms with Gasteiger partial charge in [0, 0.05) is 13.3 Å². The van der Waals surface area contributed by atoms with Crippen LogP contribution in [0.4, 0.5) is 0 Å². The molecule has 0 aliphatic rings. The zero-order valence-corrected chi connectivity index (χ0v) is 13.7. The first-order chi connectivity index (χ1) is 11.3. The van der Waals surface area contributed by atoms with E-state index in [1.807, 2.05) is 30.3 Å². The molecule has 0 spiro atoms. The maximum atomic E-state index is 12.2. The van der Waals surface area contributed by atoms with Crippen molar-refractivity contribution >= 4 is 23.6 Å². The smallest absolute Gasteiger partial charge is 0.243 e. The molecule has 130 valence electrons. The van der Waals surface area contributed by atoms with Crippen LogP contribution in [0.5, 0.6) is 0 Å². The molecule has 0 fully saturated rings. The molecule has 0 radical (unpaired) electrons. The number of hydrogen-bond acceptors (Lipinski definition) is 4. The number of primary amides is 1. The summed E-state index contributed by atoms with van der Waals surface area (Å²) in [6.45, 7) is 2.49. The van der Waals surface area contributed by atoms with Crippen LogP contribution in [0, 0.1) is 0 Å². The van der Waals surface area contributed by atoms with Gasteiger partial charge in [-0.15, -0.1) is 0 Å². The maximum Gasteiger partial charge on any atom is 0.243 e. The summed E-state index contributed by atoms with van der Waals surface area (Å²) in [4.78, 5) is 46.2. The molecule has 0 aromatic heterocycles. The Morgan fingerprint density at radius 2 is 1.67 bits per heavy atom. The highest BCUT2D eigenvalue weighted by molar-refractivity contribution is 5.92. The minimum absolute atomic E-state index is 0.240. The number of carbonyl (C=O) groups is 4. The lowest BCUT2D eigenvalue weighted by Crippen LogP contribution is -2.54. The van der Waals surface area contributed by atoms with Gasteiger partial charge in [0.15, 0.2) is 0 Å². The van der Waals surface area contributed by atoms with Gasteiger partial charge in [0.2, 0.25) is 23.6 Å². The van der Waals surface area contributed by atoms with Gasteiger partial charge in [0.05, 0.1) is 6.54 Å². The standard InChI is InChI=1S/C16H22N4O4/c1-10(19-11(2)21)15(23)20-13(16(24)18-9-14(17)22)8-12-6-4-3-5-7-12/h3-7,10,13H,8-9H2,1-2H3,(H2,17,22)(H,18,24)(H,19,21)(H,20,23)/t10-,13-/m0/s1. The molecule has 0 bridgehead atoms. The molecular weight excluding hydrogens is 312 g/mol. The summed E-state index contributed by atoms with van der Waals surface area (Å²) in [5.41, 5.74) is 5.85. The number of nitrogens with two attached hydrogens (primary N) is 1. The molecule has 5 N–H and O–H groups in total. The lowest BCUT2D eigenvalue weighted by atomic mass is 10.0. The highest BCUT2D eigenvalue weighted by Crippen LogP contribution is 2.04. The fourth-order valence-electron chi connectivity index (χ4n) is 2.02. The van der Waals surface area contributed by atoms with Gasteiger partial charge in [-0.3, -0.25) is 19.2 Å². The predicted octanol–water partition coefficient (Wildman–Crippen LogP) is -1.16. The van der Waals surface area contributed by atoms with Crippen LogP contribution in [-0.4, -0.2) is 42.3 Å². The summed E-state index contributed by atoms with van der Waals surface area (Å²) in [5.74, 6) is -2.06. The topological polar surface area (TPSA) is 130 Å². The molecule has 0 saturated heterocycles. The van der Waals surface area contributed by atoms with E-state index in [-0.39, 0.29) is 18.9 Å². The van der Waals surface area contributed by atoms with Gasteiger partial charge in [-0.2, -0.15) is 0 Å². The van der Waals surface area contributed by atoms with Crippen LogP contribution >= 0.6 is 0 Å². The van der Waals surface area contributed by atoms with E-state index in [0.29, 0.717) is 0 Å². The molecule has 1 aromatic carbocycles. The molecule has 1 aromatic rings. The fourth-order valence-corrected chi connectivity index (χ4v) is 2.02. The van der Waals surface area contributed by atoms with Crippen LogP contribution in [0.25, 0.3) is 0 Å². The molecule has 0 heterocycles. The Morgan fingerprint density at radius 3 is 2.21 bits per heavy atom. The largest absolute Gasteiger partial charge is 0.368 e. The van der Waals surface area contributed by atoms with Crippen LogP contribution in [0.2, 0.25) is 0 Å². The highest BCUT2D eigenvalue weighted by atomic mass is 16.2. The number of rotatable bonds is 8. The average molecular weight is 334 g/mol. The van der Waals surface area contributed by atoms with Crippen LogP contribution in [0.1, 0.15) is 19.4 Å². The summed E-state index contributed by atoms with van der Waals surface area (Å²) in [6, 6.07) is 7.42. The monoisotopic (exact) mass is 334 g/mol. The minimum atomic E-state index is -0.893. The Labute approximate surface area is 140 Å². The Kier molecular flexibility index (Phi) is 7.41.